The van der Waals surface area contributed by atoms with E-state index in [1.807, 2.05) is 0 Å². The maximum Gasteiger partial charge on any atom is 0.508 e. The number of rotatable bonds is 8. The summed E-state index contributed by atoms with van der Waals surface area (Å²) in [7, 11) is 2.59. The van der Waals surface area contributed by atoms with Gasteiger partial charge < -0.3 is 14.2 Å². The highest BCUT2D eigenvalue weighted by molar-refractivity contribution is 5.81. The molecule has 0 aliphatic heterocycles. The van der Waals surface area contributed by atoms with Crippen molar-refractivity contribution >= 4 is 12.1 Å². The standard InChI is InChI=1S/C13H22O5/c1-4-5-6-8-11(18-13(15)17-3)9-7-10-12(14)16-2/h7,10-11H,4-6,8-9H2,1-3H3/b10-7+. The van der Waals surface area contributed by atoms with Crippen molar-refractivity contribution in [2.45, 2.75) is 45.1 Å². The summed E-state index contributed by atoms with van der Waals surface area (Å²) in [5.74, 6) is -0.416. The van der Waals surface area contributed by atoms with Crippen molar-refractivity contribution < 1.29 is 23.8 Å². The highest BCUT2D eigenvalue weighted by atomic mass is 16.7. The second-order valence-corrected chi connectivity index (χ2v) is 3.85. The molecule has 0 fully saturated rings. The van der Waals surface area contributed by atoms with E-state index in [0.29, 0.717) is 6.42 Å². The van der Waals surface area contributed by atoms with Crippen LogP contribution in [0.2, 0.25) is 0 Å². The predicted molar refractivity (Wildman–Crippen MR) is 67.2 cm³/mol. The van der Waals surface area contributed by atoms with Crippen LogP contribution in [0.1, 0.15) is 39.0 Å². The van der Waals surface area contributed by atoms with Gasteiger partial charge in [-0.25, -0.2) is 9.59 Å². The zero-order valence-electron chi connectivity index (χ0n) is 11.3. The first kappa shape index (κ1) is 16.5. The van der Waals surface area contributed by atoms with E-state index in [-0.39, 0.29) is 6.10 Å². The first-order valence-electron chi connectivity index (χ1n) is 6.13. The van der Waals surface area contributed by atoms with Gasteiger partial charge in [0, 0.05) is 12.5 Å². The summed E-state index contributed by atoms with van der Waals surface area (Å²) in [5.41, 5.74) is 0. The molecule has 0 amide bonds. The molecule has 0 aromatic rings. The molecule has 0 spiro atoms. The van der Waals surface area contributed by atoms with Gasteiger partial charge in [0.1, 0.15) is 6.10 Å². The van der Waals surface area contributed by atoms with E-state index in [9.17, 15) is 9.59 Å². The van der Waals surface area contributed by atoms with Gasteiger partial charge in [0.2, 0.25) is 0 Å². The van der Waals surface area contributed by atoms with Crippen LogP contribution >= 0.6 is 0 Å². The topological polar surface area (TPSA) is 61.8 Å². The Hall–Kier alpha value is -1.52. The maximum atomic E-state index is 11.0. The number of esters is 1. The highest BCUT2D eigenvalue weighted by Crippen LogP contribution is 2.12. The zero-order valence-corrected chi connectivity index (χ0v) is 11.3. The van der Waals surface area contributed by atoms with Gasteiger partial charge in [-0.1, -0.05) is 25.8 Å². The lowest BCUT2D eigenvalue weighted by Crippen LogP contribution is -2.17. The molecule has 5 nitrogen and oxygen atoms in total. The molecule has 0 N–H and O–H groups in total. The Labute approximate surface area is 108 Å². The smallest absolute Gasteiger partial charge is 0.466 e. The van der Waals surface area contributed by atoms with Gasteiger partial charge >= 0.3 is 12.1 Å². The SMILES string of the molecule is CCCCCC(C/C=C/C(=O)OC)OC(=O)OC. The van der Waals surface area contributed by atoms with Crippen molar-refractivity contribution in [2.24, 2.45) is 0 Å². The molecule has 0 heterocycles. The van der Waals surface area contributed by atoms with Crippen molar-refractivity contribution in [1.29, 1.82) is 0 Å². The summed E-state index contributed by atoms with van der Waals surface area (Å²) in [5, 5.41) is 0. The number of ether oxygens (including phenoxy) is 3. The van der Waals surface area contributed by atoms with Gasteiger partial charge in [-0.2, -0.15) is 0 Å². The second kappa shape index (κ2) is 10.6. The molecule has 0 saturated carbocycles. The maximum absolute atomic E-state index is 11.0. The summed E-state index contributed by atoms with van der Waals surface area (Å²) in [6.07, 6.45) is 6.42. The molecular weight excluding hydrogens is 236 g/mol. The minimum atomic E-state index is -0.692. The molecular formula is C13H22O5. The Kier molecular flexibility index (Phi) is 9.73. The van der Waals surface area contributed by atoms with E-state index in [0.717, 1.165) is 25.7 Å². The second-order valence-electron chi connectivity index (χ2n) is 3.85. The van der Waals surface area contributed by atoms with E-state index < -0.39 is 12.1 Å². The van der Waals surface area contributed by atoms with Gasteiger partial charge in [-0.3, -0.25) is 0 Å². The number of carbonyl (C=O) groups excluding carboxylic acids is 2. The number of methoxy groups -OCH3 is 2. The van der Waals surface area contributed by atoms with Crippen LogP contribution < -0.4 is 0 Å². The summed E-state index contributed by atoms with van der Waals surface area (Å²) >= 11 is 0. The van der Waals surface area contributed by atoms with Crippen LogP contribution in [0.4, 0.5) is 4.79 Å². The van der Waals surface area contributed by atoms with E-state index in [1.54, 1.807) is 6.08 Å². The molecule has 0 radical (unpaired) electrons. The largest absolute Gasteiger partial charge is 0.508 e. The third kappa shape index (κ3) is 8.61. The number of carbonyl (C=O) groups is 2. The molecule has 0 rings (SSSR count). The van der Waals surface area contributed by atoms with E-state index >= 15 is 0 Å². The van der Waals surface area contributed by atoms with Crippen molar-refractivity contribution in [2.75, 3.05) is 14.2 Å². The fourth-order valence-electron chi connectivity index (χ4n) is 1.42. The molecule has 0 aromatic carbocycles. The molecule has 0 aromatic heterocycles. The summed E-state index contributed by atoms with van der Waals surface area (Å²) in [6, 6.07) is 0. The molecule has 0 aliphatic carbocycles. The highest BCUT2D eigenvalue weighted by Gasteiger charge is 2.13. The lowest BCUT2D eigenvalue weighted by molar-refractivity contribution is -0.134. The first-order valence-corrected chi connectivity index (χ1v) is 6.13. The fraction of sp³-hybridized carbons (Fsp3) is 0.692. The molecule has 0 bridgehead atoms. The summed E-state index contributed by atoms with van der Waals surface area (Å²) < 4.78 is 14.0. The molecule has 0 saturated heterocycles. The normalized spacial score (nSPS) is 12.2. The summed E-state index contributed by atoms with van der Waals surface area (Å²) in [4.78, 5) is 21.9. The van der Waals surface area contributed by atoms with E-state index in [1.165, 1.54) is 20.3 Å². The zero-order chi connectivity index (χ0) is 13.8. The molecule has 104 valence electrons. The quantitative estimate of drug-likeness (QED) is 0.380. The number of hydrogen-bond donors (Lipinski definition) is 0. The van der Waals surface area contributed by atoms with Crippen LogP contribution in [0.25, 0.3) is 0 Å². The Balaban J connectivity index is 4.14. The van der Waals surface area contributed by atoms with Crippen LogP contribution in [-0.2, 0) is 19.0 Å². The predicted octanol–water partition coefficient (Wildman–Crippen LogP) is 2.84. The third-order valence-corrected chi connectivity index (χ3v) is 2.41. The van der Waals surface area contributed by atoms with Gasteiger partial charge in [0.05, 0.1) is 14.2 Å². The number of hydrogen-bond acceptors (Lipinski definition) is 5. The van der Waals surface area contributed by atoms with Crippen LogP contribution in [0.15, 0.2) is 12.2 Å². The van der Waals surface area contributed by atoms with Crippen LogP contribution in [-0.4, -0.2) is 32.4 Å². The lowest BCUT2D eigenvalue weighted by Gasteiger charge is -2.14. The molecule has 1 unspecified atom stereocenters. The van der Waals surface area contributed by atoms with E-state index in [2.05, 4.69) is 16.4 Å². The minimum absolute atomic E-state index is 0.259. The Morgan fingerprint density at radius 3 is 2.44 bits per heavy atom. The first-order chi connectivity index (χ1) is 8.63. The Morgan fingerprint density at radius 2 is 1.89 bits per heavy atom. The van der Waals surface area contributed by atoms with Crippen molar-refractivity contribution in [1.82, 2.24) is 0 Å². The average Bonchev–Trinajstić information content (AvgIpc) is 2.38. The molecule has 5 heteroatoms. The fourth-order valence-corrected chi connectivity index (χ4v) is 1.42. The molecule has 18 heavy (non-hydrogen) atoms. The average molecular weight is 258 g/mol. The minimum Gasteiger partial charge on any atom is -0.466 e. The number of unbranched alkanes of at least 4 members (excludes halogenated alkanes) is 2. The van der Waals surface area contributed by atoms with Gasteiger partial charge in [-0.15, -0.1) is 0 Å². The Morgan fingerprint density at radius 1 is 1.17 bits per heavy atom. The van der Waals surface area contributed by atoms with Crippen LogP contribution in [0, 0.1) is 0 Å². The van der Waals surface area contributed by atoms with Crippen molar-refractivity contribution in [3.05, 3.63) is 12.2 Å². The van der Waals surface area contributed by atoms with Crippen molar-refractivity contribution in [3.8, 4) is 0 Å². The van der Waals surface area contributed by atoms with Gasteiger partial charge in [0.25, 0.3) is 0 Å². The Bertz CT molecular complexity index is 273. The molecule has 0 aliphatic rings. The molecule has 1 atom stereocenters. The van der Waals surface area contributed by atoms with Crippen LogP contribution in [0.3, 0.4) is 0 Å². The van der Waals surface area contributed by atoms with E-state index in [4.69, 9.17) is 4.74 Å². The van der Waals surface area contributed by atoms with Crippen molar-refractivity contribution in [3.63, 3.8) is 0 Å². The lowest BCUT2D eigenvalue weighted by atomic mass is 10.1. The van der Waals surface area contributed by atoms with Gasteiger partial charge in [0.15, 0.2) is 0 Å². The van der Waals surface area contributed by atoms with Crippen LogP contribution in [0.5, 0.6) is 0 Å². The summed E-state index contributed by atoms with van der Waals surface area (Å²) in [6.45, 7) is 2.10. The monoisotopic (exact) mass is 258 g/mol. The third-order valence-electron chi connectivity index (χ3n) is 2.41. The van der Waals surface area contributed by atoms with Gasteiger partial charge in [-0.05, 0) is 12.8 Å².